The third kappa shape index (κ3) is 2.05. The lowest BCUT2D eigenvalue weighted by atomic mass is 10.2. The summed E-state index contributed by atoms with van der Waals surface area (Å²) in [6, 6.07) is 4.79. The molecule has 1 aromatic carbocycles. The normalized spacial score (nSPS) is 12.7. The quantitative estimate of drug-likeness (QED) is 0.798. The van der Waals surface area contributed by atoms with E-state index in [0.717, 1.165) is 11.4 Å². The average Bonchev–Trinajstić information content (AvgIpc) is 3.09. The summed E-state index contributed by atoms with van der Waals surface area (Å²) in [5.41, 5.74) is 1.63. The largest absolute Gasteiger partial charge is 0.478 e. The average molecular weight is 288 g/mol. The molecule has 2 aromatic heterocycles. The summed E-state index contributed by atoms with van der Waals surface area (Å²) in [7, 11) is 0. The van der Waals surface area contributed by atoms with Crippen molar-refractivity contribution in [1.29, 1.82) is 0 Å². The van der Waals surface area contributed by atoms with Crippen LogP contribution >= 0.6 is 11.3 Å². The second-order valence-corrected chi connectivity index (χ2v) is 5.26. The van der Waals surface area contributed by atoms with Gasteiger partial charge in [0, 0.05) is 11.6 Å². The molecule has 7 heteroatoms. The highest BCUT2D eigenvalue weighted by Gasteiger charge is 2.19. The summed E-state index contributed by atoms with van der Waals surface area (Å²) in [6.45, 7) is 2.04. The number of hydrogen-bond donors (Lipinski definition) is 1. The first-order valence-corrected chi connectivity index (χ1v) is 7.06. The number of carboxylic acid groups (broad SMARTS) is 1. The molecular formula is C13H12N4O2S. The van der Waals surface area contributed by atoms with Crippen LogP contribution in [-0.4, -0.2) is 31.1 Å². The predicted octanol–water partition coefficient (Wildman–Crippen LogP) is 2.59. The Morgan fingerprint density at radius 2 is 2.35 bits per heavy atom. The van der Waals surface area contributed by atoms with E-state index in [2.05, 4.69) is 15.3 Å². The van der Waals surface area contributed by atoms with Gasteiger partial charge in [0.2, 0.25) is 0 Å². The summed E-state index contributed by atoms with van der Waals surface area (Å²) in [5.74, 6) is -0.957. The van der Waals surface area contributed by atoms with E-state index in [-0.39, 0.29) is 11.6 Å². The Bertz CT molecular complexity index is 751. The van der Waals surface area contributed by atoms with E-state index in [1.54, 1.807) is 34.3 Å². The van der Waals surface area contributed by atoms with Crippen molar-refractivity contribution in [2.24, 2.45) is 0 Å². The number of carboxylic acids is 1. The lowest BCUT2D eigenvalue weighted by molar-refractivity contribution is 0.0697. The first-order chi connectivity index (χ1) is 9.70. The molecule has 0 aliphatic rings. The topological polar surface area (TPSA) is 80.9 Å². The van der Waals surface area contributed by atoms with Crippen LogP contribution in [0.5, 0.6) is 0 Å². The van der Waals surface area contributed by atoms with Crippen molar-refractivity contribution in [3.8, 4) is 0 Å². The van der Waals surface area contributed by atoms with E-state index in [4.69, 9.17) is 5.11 Å². The number of aromatic nitrogens is 4. The van der Waals surface area contributed by atoms with Crippen molar-refractivity contribution in [2.45, 2.75) is 19.4 Å². The van der Waals surface area contributed by atoms with E-state index in [1.807, 2.05) is 12.3 Å². The van der Waals surface area contributed by atoms with E-state index in [0.29, 0.717) is 11.0 Å². The van der Waals surface area contributed by atoms with E-state index >= 15 is 0 Å². The van der Waals surface area contributed by atoms with Gasteiger partial charge in [-0.1, -0.05) is 12.1 Å². The zero-order valence-corrected chi connectivity index (χ0v) is 11.5. The fourth-order valence-electron chi connectivity index (χ4n) is 2.15. The van der Waals surface area contributed by atoms with Crippen molar-refractivity contribution >= 4 is 28.3 Å². The van der Waals surface area contributed by atoms with Crippen LogP contribution in [0.25, 0.3) is 11.0 Å². The maximum absolute atomic E-state index is 11.1. The number of benzene rings is 1. The molecule has 0 aliphatic carbocycles. The Labute approximate surface area is 118 Å². The first-order valence-electron chi connectivity index (χ1n) is 6.18. The lowest BCUT2D eigenvalue weighted by Crippen LogP contribution is -2.11. The van der Waals surface area contributed by atoms with Gasteiger partial charge in [-0.2, -0.15) is 0 Å². The Hall–Kier alpha value is -2.28. The Balaban J connectivity index is 2.15. The molecule has 102 valence electrons. The van der Waals surface area contributed by atoms with Gasteiger partial charge >= 0.3 is 5.97 Å². The van der Waals surface area contributed by atoms with Gasteiger partial charge in [0.05, 0.1) is 11.1 Å². The standard InChI is InChI=1S/C13H12N4O2S/c1-2-10(12-14-5-6-20-12)17-11-7-8(13(18)19)3-4-9(11)15-16-17/h3-7,10H,2H2,1H3,(H,18,19). The van der Waals surface area contributed by atoms with E-state index < -0.39 is 5.97 Å². The number of carbonyl (C=O) groups is 1. The number of thiazole rings is 1. The van der Waals surface area contributed by atoms with Crippen molar-refractivity contribution in [2.75, 3.05) is 0 Å². The molecule has 2 heterocycles. The third-order valence-corrected chi connectivity index (χ3v) is 4.01. The minimum Gasteiger partial charge on any atom is -0.478 e. The van der Waals surface area contributed by atoms with Crippen LogP contribution in [-0.2, 0) is 0 Å². The minimum atomic E-state index is -0.957. The fraction of sp³-hybridized carbons (Fsp3) is 0.231. The highest BCUT2D eigenvalue weighted by Crippen LogP contribution is 2.26. The number of hydrogen-bond acceptors (Lipinski definition) is 5. The van der Waals surface area contributed by atoms with Gasteiger partial charge in [0.25, 0.3) is 0 Å². The SMILES string of the molecule is CCC(c1nccs1)n1nnc2ccc(C(=O)O)cc21. The number of fused-ring (bicyclic) bond motifs is 1. The summed E-state index contributed by atoms with van der Waals surface area (Å²) in [4.78, 5) is 15.4. The minimum absolute atomic E-state index is 0.0240. The Morgan fingerprint density at radius 1 is 1.50 bits per heavy atom. The smallest absolute Gasteiger partial charge is 0.335 e. The molecule has 1 N–H and O–H groups in total. The molecule has 1 atom stereocenters. The summed E-state index contributed by atoms with van der Waals surface area (Å²) < 4.78 is 1.75. The molecule has 0 bridgehead atoms. The highest BCUT2D eigenvalue weighted by atomic mass is 32.1. The van der Waals surface area contributed by atoms with Crippen molar-refractivity contribution < 1.29 is 9.90 Å². The number of aromatic carboxylic acids is 1. The van der Waals surface area contributed by atoms with Crippen molar-refractivity contribution in [3.63, 3.8) is 0 Å². The highest BCUT2D eigenvalue weighted by molar-refractivity contribution is 7.09. The number of nitrogens with zero attached hydrogens (tertiary/aromatic N) is 4. The molecule has 1 unspecified atom stereocenters. The Morgan fingerprint density at radius 3 is 3.00 bits per heavy atom. The lowest BCUT2D eigenvalue weighted by Gasteiger charge is -2.13. The van der Waals surface area contributed by atoms with E-state index in [9.17, 15) is 4.79 Å². The zero-order chi connectivity index (χ0) is 14.1. The van der Waals surface area contributed by atoms with Crippen LogP contribution in [0.4, 0.5) is 0 Å². The molecule has 0 fully saturated rings. The zero-order valence-electron chi connectivity index (χ0n) is 10.7. The molecule has 0 saturated carbocycles. The Kier molecular flexibility index (Phi) is 3.19. The van der Waals surface area contributed by atoms with Gasteiger partial charge in [0.1, 0.15) is 16.6 Å². The maximum atomic E-state index is 11.1. The van der Waals surface area contributed by atoms with Gasteiger partial charge in [-0.3, -0.25) is 0 Å². The third-order valence-electron chi connectivity index (χ3n) is 3.14. The first kappa shape index (κ1) is 12.7. The predicted molar refractivity (Wildman–Crippen MR) is 75.0 cm³/mol. The van der Waals surface area contributed by atoms with Crippen LogP contribution < -0.4 is 0 Å². The second kappa shape index (κ2) is 5.01. The number of rotatable bonds is 4. The summed E-state index contributed by atoms with van der Waals surface area (Å²) in [6.07, 6.45) is 2.56. The van der Waals surface area contributed by atoms with Crippen molar-refractivity contribution in [3.05, 3.63) is 40.3 Å². The fourth-order valence-corrected chi connectivity index (χ4v) is 2.96. The molecule has 0 spiro atoms. The molecular weight excluding hydrogens is 276 g/mol. The van der Waals surface area contributed by atoms with Crippen LogP contribution in [0.2, 0.25) is 0 Å². The van der Waals surface area contributed by atoms with Crippen LogP contribution in [0.3, 0.4) is 0 Å². The van der Waals surface area contributed by atoms with Crippen LogP contribution in [0.15, 0.2) is 29.8 Å². The van der Waals surface area contributed by atoms with Gasteiger partial charge in [-0.05, 0) is 24.6 Å². The van der Waals surface area contributed by atoms with Crippen LogP contribution in [0.1, 0.15) is 34.8 Å². The van der Waals surface area contributed by atoms with Crippen molar-refractivity contribution in [1.82, 2.24) is 20.0 Å². The van der Waals surface area contributed by atoms with Gasteiger partial charge in [-0.25, -0.2) is 14.5 Å². The molecule has 3 aromatic rings. The second-order valence-electron chi connectivity index (χ2n) is 4.34. The summed E-state index contributed by atoms with van der Waals surface area (Å²) in [5, 5.41) is 20.2. The van der Waals surface area contributed by atoms with E-state index in [1.165, 1.54) is 6.07 Å². The maximum Gasteiger partial charge on any atom is 0.335 e. The molecule has 0 amide bonds. The van der Waals surface area contributed by atoms with Crippen LogP contribution in [0, 0.1) is 0 Å². The molecule has 3 rings (SSSR count). The molecule has 0 aliphatic heterocycles. The van der Waals surface area contributed by atoms with Gasteiger partial charge in [-0.15, -0.1) is 16.4 Å². The molecule has 0 radical (unpaired) electrons. The summed E-state index contributed by atoms with van der Waals surface area (Å²) >= 11 is 1.56. The van der Waals surface area contributed by atoms with Gasteiger partial charge in [0.15, 0.2) is 0 Å². The molecule has 0 saturated heterocycles. The monoisotopic (exact) mass is 288 g/mol. The van der Waals surface area contributed by atoms with Gasteiger partial charge < -0.3 is 5.11 Å². The molecule has 6 nitrogen and oxygen atoms in total. The molecule has 20 heavy (non-hydrogen) atoms.